The highest BCUT2D eigenvalue weighted by atomic mass is 32.2. The van der Waals surface area contributed by atoms with Crippen LogP contribution in [0.1, 0.15) is 12.6 Å². The highest BCUT2D eigenvalue weighted by molar-refractivity contribution is 8.08. The highest BCUT2D eigenvalue weighted by Gasteiger charge is 2.24. The first-order valence-corrected chi connectivity index (χ1v) is 13.0. The van der Waals surface area contributed by atoms with E-state index in [2.05, 4.69) is 27.7 Å². The molecule has 0 saturated carbocycles. The van der Waals surface area contributed by atoms with E-state index in [1.54, 1.807) is 11.8 Å². The Labute approximate surface area is 207 Å². The van der Waals surface area contributed by atoms with Crippen LogP contribution in [0.15, 0.2) is 58.4 Å². The molecular weight excluding hydrogens is 470 g/mol. The minimum Gasteiger partial charge on any atom is -0.394 e. The largest absolute Gasteiger partial charge is 0.394 e. The lowest BCUT2D eigenvalue weighted by Gasteiger charge is -2.11. The number of rotatable bonds is 10. The van der Waals surface area contributed by atoms with Crippen molar-refractivity contribution in [3.8, 4) is 0 Å². The summed E-state index contributed by atoms with van der Waals surface area (Å²) >= 11 is 3.19. The summed E-state index contributed by atoms with van der Waals surface area (Å²) in [6, 6.07) is 14.3. The smallest absolute Gasteiger partial charge is 0.271 e. The first-order valence-electron chi connectivity index (χ1n) is 11.3. The average Bonchev–Trinajstić information content (AvgIpc) is 3.35. The Morgan fingerprint density at radius 3 is 2.59 bits per heavy atom. The van der Waals surface area contributed by atoms with Gasteiger partial charge in [0.15, 0.2) is 12.7 Å². The van der Waals surface area contributed by atoms with Crippen LogP contribution in [0, 0.1) is 0 Å². The van der Waals surface area contributed by atoms with Crippen LogP contribution in [0.2, 0.25) is 0 Å². The number of aliphatic hydroxyl groups excluding tert-OH is 1. The SMILES string of the molecule is CCn1c(=Cc2cccc[n+]2CCOCCOCCO)sc(=C2Sc3ccccc3N2C)c1=O. The molecule has 1 aromatic carbocycles. The molecule has 3 aromatic rings. The number of anilines is 1. The van der Waals surface area contributed by atoms with Gasteiger partial charge in [0.25, 0.3) is 5.56 Å². The average molecular weight is 501 g/mol. The molecule has 1 aliphatic heterocycles. The molecule has 3 heterocycles. The topological polar surface area (TPSA) is 67.8 Å². The van der Waals surface area contributed by atoms with Crippen molar-refractivity contribution in [1.82, 2.24) is 4.57 Å². The van der Waals surface area contributed by atoms with Gasteiger partial charge in [-0.25, -0.2) is 0 Å². The molecule has 2 aromatic heterocycles. The number of ether oxygens (including phenoxy) is 2. The fraction of sp³-hybridized carbons (Fsp3) is 0.360. The summed E-state index contributed by atoms with van der Waals surface area (Å²) in [6.07, 6.45) is 4.10. The summed E-state index contributed by atoms with van der Waals surface area (Å²) < 4.78 is 16.5. The van der Waals surface area contributed by atoms with Gasteiger partial charge in [-0.1, -0.05) is 23.9 Å². The molecule has 0 fully saturated rings. The second kappa shape index (κ2) is 11.8. The van der Waals surface area contributed by atoms with E-state index in [9.17, 15) is 4.79 Å². The van der Waals surface area contributed by atoms with Crippen LogP contribution in [-0.4, -0.2) is 49.8 Å². The third-order valence-corrected chi connectivity index (χ3v) is 7.98. The lowest BCUT2D eigenvalue weighted by Crippen LogP contribution is -2.39. The maximum Gasteiger partial charge on any atom is 0.271 e. The monoisotopic (exact) mass is 500 g/mol. The van der Waals surface area contributed by atoms with Crippen LogP contribution in [0.3, 0.4) is 0 Å². The van der Waals surface area contributed by atoms with E-state index in [1.807, 2.05) is 55.1 Å². The number of aliphatic hydroxyl groups is 1. The van der Waals surface area contributed by atoms with E-state index < -0.39 is 0 Å². The Morgan fingerprint density at radius 1 is 1.06 bits per heavy atom. The van der Waals surface area contributed by atoms with Gasteiger partial charge in [-0.2, -0.15) is 4.57 Å². The number of benzene rings is 1. The van der Waals surface area contributed by atoms with Gasteiger partial charge < -0.3 is 19.5 Å². The van der Waals surface area contributed by atoms with Gasteiger partial charge in [0.2, 0.25) is 5.69 Å². The van der Waals surface area contributed by atoms with Gasteiger partial charge in [-0.15, -0.1) is 11.3 Å². The van der Waals surface area contributed by atoms with Crippen LogP contribution in [-0.2, 0) is 22.6 Å². The molecule has 0 unspecified atom stereocenters. The van der Waals surface area contributed by atoms with Crippen molar-refractivity contribution in [2.45, 2.75) is 24.9 Å². The number of thiazole rings is 1. The lowest BCUT2D eigenvalue weighted by atomic mass is 10.3. The summed E-state index contributed by atoms with van der Waals surface area (Å²) in [5, 5.41) is 9.73. The van der Waals surface area contributed by atoms with E-state index in [1.165, 1.54) is 16.2 Å². The van der Waals surface area contributed by atoms with Crippen molar-refractivity contribution in [2.24, 2.45) is 0 Å². The normalized spacial score (nSPS) is 15.3. The summed E-state index contributed by atoms with van der Waals surface area (Å²) in [4.78, 5) is 16.6. The maximum absolute atomic E-state index is 13.3. The molecule has 0 radical (unpaired) electrons. The third-order valence-electron chi connectivity index (χ3n) is 5.49. The molecule has 0 atom stereocenters. The molecule has 1 N–H and O–H groups in total. The van der Waals surface area contributed by atoms with E-state index in [-0.39, 0.29) is 12.2 Å². The Hall–Kier alpha value is -2.43. The van der Waals surface area contributed by atoms with Crippen molar-refractivity contribution in [3.05, 3.63) is 73.9 Å². The second-order valence-electron chi connectivity index (χ2n) is 7.66. The fourth-order valence-electron chi connectivity index (χ4n) is 3.77. The standard InChI is InChI=1S/C25H30N3O4S2/c1-3-28-22(18-19-8-6-7-11-27(19)12-14-31-16-17-32-15-13-29)34-23(24(28)30)25-26(2)20-9-4-5-10-21(20)33-25/h4-11,18,29H,3,12-17H2,1-2H3/q+1. The summed E-state index contributed by atoms with van der Waals surface area (Å²) in [6.45, 7) is 5.16. The Morgan fingerprint density at radius 2 is 1.82 bits per heavy atom. The minimum atomic E-state index is 0.0213. The molecule has 4 rings (SSSR count). The second-order valence-corrected chi connectivity index (χ2v) is 9.73. The Bertz CT molecular complexity index is 1300. The summed E-state index contributed by atoms with van der Waals surface area (Å²) in [5.74, 6) is 0. The molecule has 7 nitrogen and oxygen atoms in total. The number of para-hydroxylation sites is 1. The number of fused-ring (bicyclic) bond motifs is 1. The van der Waals surface area contributed by atoms with E-state index in [0.717, 1.165) is 25.6 Å². The fourth-order valence-corrected chi connectivity index (χ4v) is 6.23. The molecule has 0 bridgehead atoms. The van der Waals surface area contributed by atoms with Crippen LogP contribution in [0.4, 0.5) is 5.69 Å². The Balaban J connectivity index is 1.61. The summed E-state index contributed by atoms with van der Waals surface area (Å²) in [5.41, 5.74) is 2.19. The van der Waals surface area contributed by atoms with Crippen LogP contribution in [0.25, 0.3) is 11.1 Å². The predicted octanol–water partition coefficient (Wildman–Crippen LogP) is 1.38. The number of aromatic nitrogens is 2. The molecule has 180 valence electrons. The minimum absolute atomic E-state index is 0.0213. The first-order chi connectivity index (χ1) is 16.6. The van der Waals surface area contributed by atoms with Gasteiger partial charge in [-0.05, 0) is 25.1 Å². The number of thioether (sulfide) groups is 1. The molecule has 0 saturated heterocycles. The quantitative estimate of drug-likeness (QED) is 0.335. The number of hydrogen-bond acceptors (Lipinski definition) is 7. The first kappa shape index (κ1) is 24.7. The molecule has 9 heteroatoms. The van der Waals surface area contributed by atoms with E-state index in [4.69, 9.17) is 14.6 Å². The van der Waals surface area contributed by atoms with Crippen molar-refractivity contribution >= 4 is 39.9 Å². The van der Waals surface area contributed by atoms with Gasteiger partial charge >= 0.3 is 0 Å². The van der Waals surface area contributed by atoms with Crippen LogP contribution >= 0.6 is 23.1 Å². The van der Waals surface area contributed by atoms with Crippen molar-refractivity contribution in [2.75, 3.05) is 45.0 Å². The zero-order chi connectivity index (χ0) is 23.9. The Kier molecular flexibility index (Phi) is 8.58. The lowest BCUT2D eigenvalue weighted by molar-refractivity contribution is -0.700. The molecule has 1 aliphatic rings. The van der Waals surface area contributed by atoms with Gasteiger partial charge in [-0.3, -0.25) is 9.36 Å². The number of nitrogens with zero attached hydrogens (tertiary/aromatic N) is 3. The summed E-state index contributed by atoms with van der Waals surface area (Å²) in [7, 11) is 2.02. The zero-order valence-corrected chi connectivity index (χ0v) is 21.1. The van der Waals surface area contributed by atoms with E-state index in [0.29, 0.717) is 39.5 Å². The highest BCUT2D eigenvalue weighted by Crippen LogP contribution is 2.44. The van der Waals surface area contributed by atoms with Crippen molar-refractivity contribution in [1.29, 1.82) is 0 Å². The van der Waals surface area contributed by atoms with Crippen molar-refractivity contribution < 1.29 is 19.1 Å². The molecule has 0 spiro atoms. The number of hydrogen-bond donors (Lipinski definition) is 1. The molecule has 34 heavy (non-hydrogen) atoms. The zero-order valence-electron chi connectivity index (χ0n) is 19.5. The van der Waals surface area contributed by atoms with Gasteiger partial charge in [0.1, 0.15) is 20.8 Å². The molecule has 0 aliphatic carbocycles. The molecule has 0 amide bonds. The van der Waals surface area contributed by atoms with Gasteiger partial charge in [0.05, 0.1) is 32.1 Å². The predicted molar refractivity (Wildman–Crippen MR) is 137 cm³/mol. The van der Waals surface area contributed by atoms with Crippen LogP contribution < -0.4 is 24.2 Å². The molecular formula is C25H30N3O4S2+. The van der Waals surface area contributed by atoms with Gasteiger partial charge in [0, 0.05) is 36.7 Å². The number of pyridine rings is 1. The third kappa shape index (κ3) is 5.45. The maximum atomic E-state index is 13.3. The van der Waals surface area contributed by atoms with Crippen molar-refractivity contribution in [3.63, 3.8) is 0 Å². The van der Waals surface area contributed by atoms with Crippen LogP contribution in [0.5, 0.6) is 0 Å². The van der Waals surface area contributed by atoms with E-state index >= 15 is 0 Å².